The van der Waals surface area contributed by atoms with Gasteiger partial charge in [-0.25, -0.2) is 0 Å². The molecule has 2 aromatic rings. The van der Waals surface area contributed by atoms with E-state index in [-0.39, 0.29) is 37.0 Å². The molecular formula is C42H74N2O10. The Labute approximate surface area is 327 Å². The summed E-state index contributed by atoms with van der Waals surface area (Å²) in [5.41, 5.74) is 1.54. The third kappa shape index (κ3) is 35.9. The predicted octanol–water partition coefficient (Wildman–Crippen LogP) is 8.99. The van der Waals surface area contributed by atoms with Crippen LogP contribution in [0.1, 0.15) is 132 Å². The van der Waals surface area contributed by atoms with Crippen LogP contribution < -0.4 is 29.6 Å². The topological polar surface area (TPSA) is 148 Å². The largest absolute Gasteiger partial charge is 0.496 e. The fourth-order valence-corrected chi connectivity index (χ4v) is 3.32. The standard InChI is InChI=1S/2C15H21NO5.4C3H8/c2*1-11(17)21-10-12-6-7-13(9-14(12)19-3)20-8-4-5-15(18)16-2;4*1-3-2/h2*6-7,9H,4-5,8,10H2,1-3H3,(H,16,18);4*3H2,1-2H3. The van der Waals surface area contributed by atoms with E-state index < -0.39 is 0 Å². The number of ether oxygens (including phenoxy) is 6. The van der Waals surface area contributed by atoms with Crippen LogP contribution in [0, 0.1) is 0 Å². The molecule has 0 bridgehead atoms. The molecule has 0 radical (unpaired) electrons. The van der Waals surface area contributed by atoms with Crippen molar-refractivity contribution < 1.29 is 47.6 Å². The number of carbonyl (C=O) groups is 4. The van der Waals surface area contributed by atoms with Gasteiger partial charge in [0.2, 0.25) is 11.8 Å². The highest BCUT2D eigenvalue weighted by Gasteiger charge is 2.09. The van der Waals surface area contributed by atoms with E-state index in [1.165, 1.54) is 39.5 Å². The van der Waals surface area contributed by atoms with Crippen molar-refractivity contribution in [1.29, 1.82) is 0 Å². The summed E-state index contributed by atoms with van der Waals surface area (Å²) in [6.07, 6.45) is 7.13. The van der Waals surface area contributed by atoms with Crippen LogP contribution in [0.2, 0.25) is 0 Å². The lowest BCUT2D eigenvalue weighted by atomic mass is 10.2. The molecule has 54 heavy (non-hydrogen) atoms. The van der Waals surface area contributed by atoms with Crippen LogP contribution in [0.3, 0.4) is 0 Å². The predicted molar refractivity (Wildman–Crippen MR) is 218 cm³/mol. The number of benzene rings is 2. The normalized spacial score (nSPS) is 9.00. The number of hydrogen-bond acceptors (Lipinski definition) is 10. The molecule has 0 saturated carbocycles. The molecule has 312 valence electrons. The number of amides is 2. The molecule has 0 aliphatic rings. The molecule has 0 aromatic heterocycles. The lowest BCUT2D eigenvalue weighted by molar-refractivity contribution is -0.143. The number of hydrogen-bond donors (Lipinski definition) is 2. The summed E-state index contributed by atoms with van der Waals surface area (Å²) in [7, 11) is 6.30. The fraction of sp³-hybridized carbons (Fsp3) is 0.619. The molecule has 12 heteroatoms. The second kappa shape index (κ2) is 41.3. The van der Waals surface area contributed by atoms with Gasteiger partial charge >= 0.3 is 11.9 Å². The maximum atomic E-state index is 11.1. The molecule has 2 amide bonds. The van der Waals surface area contributed by atoms with Crippen LogP contribution in [0.5, 0.6) is 23.0 Å². The van der Waals surface area contributed by atoms with Crippen LogP contribution >= 0.6 is 0 Å². The second-order valence-electron chi connectivity index (χ2n) is 11.6. The van der Waals surface area contributed by atoms with Crippen LogP contribution in [0.25, 0.3) is 0 Å². The second-order valence-corrected chi connectivity index (χ2v) is 11.6. The average molecular weight is 767 g/mol. The van der Waals surface area contributed by atoms with Gasteiger partial charge in [0.1, 0.15) is 36.2 Å². The number of methoxy groups -OCH3 is 2. The minimum atomic E-state index is -0.341. The molecular weight excluding hydrogens is 692 g/mol. The van der Waals surface area contributed by atoms with Crippen LogP contribution in [0.15, 0.2) is 36.4 Å². The third-order valence-corrected chi connectivity index (χ3v) is 5.57. The first-order valence-corrected chi connectivity index (χ1v) is 19.1. The Balaban J connectivity index is -0.000000357. The molecule has 2 N–H and O–H groups in total. The molecule has 2 aromatic carbocycles. The Kier molecular flexibility index (Phi) is 43.0. The smallest absolute Gasteiger partial charge is 0.302 e. The summed E-state index contributed by atoms with van der Waals surface area (Å²) in [5, 5.41) is 5.11. The van der Waals surface area contributed by atoms with Gasteiger partial charge in [-0.1, -0.05) is 81.1 Å². The lowest BCUT2D eigenvalue weighted by Crippen LogP contribution is -2.18. The first-order valence-electron chi connectivity index (χ1n) is 19.1. The highest BCUT2D eigenvalue weighted by molar-refractivity contribution is 5.75. The molecule has 0 atom stereocenters. The molecule has 0 unspecified atom stereocenters. The van der Waals surface area contributed by atoms with Crippen molar-refractivity contribution in [2.45, 2.75) is 134 Å². The Bertz CT molecular complexity index is 1120. The van der Waals surface area contributed by atoms with Gasteiger partial charge in [-0.3, -0.25) is 19.2 Å². The summed E-state index contributed by atoms with van der Waals surface area (Å²) in [4.78, 5) is 43.8. The Hall–Kier alpha value is -4.48. The van der Waals surface area contributed by atoms with Gasteiger partial charge in [0, 0.05) is 64.0 Å². The molecule has 0 aliphatic carbocycles. The van der Waals surface area contributed by atoms with Crippen molar-refractivity contribution in [1.82, 2.24) is 10.6 Å². The zero-order valence-electron chi connectivity index (χ0n) is 36.0. The Morgan fingerprint density at radius 1 is 0.537 bits per heavy atom. The van der Waals surface area contributed by atoms with Crippen molar-refractivity contribution in [3.63, 3.8) is 0 Å². The molecule has 0 fully saturated rings. The minimum absolute atomic E-state index is 0.00656. The summed E-state index contributed by atoms with van der Waals surface area (Å²) < 4.78 is 31.5. The molecule has 0 aliphatic heterocycles. The maximum absolute atomic E-state index is 11.1. The van der Waals surface area contributed by atoms with Crippen molar-refractivity contribution in [2.24, 2.45) is 0 Å². The average Bonchev–Trinajstić information content (AvgIpc) is 3.15. The first-order chi connectivity index (χ1) is 25.8. The van der Waals surface area contributed by atoms with E-state index in [2.05, 4.69) is 66.0 Å². The van der Waals surface area contributed by atoms with Crippen LogP contribution in [-0.4, -0.2) is 65.3 Å². The quantitative estimate of drug-likeness (QED) is 0.125. The number of rotatable bonds is 16. The van der Waals surface area contributed by atoms with E-state index in [1.807, 2.05) is 0 Å². The zero-order valence-corrected chi connectivity index (χ0v) is 36.0. The lowest BCUT2D eigenvalue weighted by Gasteiger charge is -2.11. The van der Waals surface area contributed by atoms with Gasteiger partial charge in [0.25, 0.3) is 0 Å². The highest BCUT2D eigenvalue weighted by Crippen LogP contribution is 2.26. The summed E-state index contributed by atoms with van der Waals surface area (Å²) >= 11 is 0. The van der Waals surface area contributed by atoms with E-state index >= 15 is 0 Å². The minimum Gasteiger partial charge on any atom is -0.496 e. The van der Waals surface area contributed by atoms with Gasteiger partial charge < -0.3 is 39.1 Å². The third-order valence-electron chi connectivity index (χ3n) is 5.57. The van der Waals surface area contributed by atoms with Crippen molar-refractivity contribution in [3.05, 3.63) is 47.5 Å². The number of nitrogens with one attached hydrogen (secondary N) is 2. The summed E-state index contributed by atoms with van der Waals surface area (Å²) in [6.45, 7) is 20.9. The number of esters is 2. The Morgan fingerprint density at radius 3 is 1.07 bits per heavy atom. The molecule has 0 saturated heterocycles. The Morgan fingerprint density at radius 2 is 0.833 bits per heavy atom. The van der Waals surface area contributed by atoms with E-state index in [1.54, 1.807) is 64.7 Å². The summed E-state index contributed by atoms with van der Waals surface area (Å²) in [5.74, 6) is 1.80. The highest BCUT2D eigenvalue weighted by atomic mass is 16.5. The van der Waals surface area contributed by atoms with Gasteiger partial charge in [0.05, 0.1) is 27.4 Å². The van der Waals surface area contributed by atoms with Gasteiger partial charge in [-0.05, 0) is 37.1 Å². The molecule has 0 spiro atoms. The van der Waals surface area contributed by atoms with Crippen LogP contribution in [0.4, 0.5) is 0 Å². The fourth-order valence-electron chi connectivity index (χ4n) is 3.32. The van der Waals surface area contributed by atoms with E-state index in [0.717, 1.165) is 11.1 Å². The van der Waals surface area contributed by atoms with Gasteiger partial charge in [-0.2, -0.15) is 0 Å². The van der Waals surface area contributed by atoms with Gasteiger partial charge in [-0.15, -0.1) is 0 Å². The van der Waals surface area contributed by atoms with E-state index in [4.69, 9.17) is 28.4 Å². The zero-order chi connectivity index (χ0) is 42.2. The van der Waals surface area contributed by atoms with Crippen LogP contribution in [-0.2, 0) is 41.9 Å². The van der Waals surface area contributed by atoms with E-state index in [9.17, 15) is 19.2 Å². The number of carbonyl (C=O) groups excluding carboxylic acids is 4. The molecule has 2 rings (SSSR count). The van der Waals surface area contributed by atoms with Crippen molar-refractivity contribution in [2.75, 3.05) is 41.5 Å². The SMILES string of the molecule is CCC.CCC.CCC.CCC.CNC(=O)CCCOc1ccc(COC(C)=O)c(OC)c1.CNC(=O)CCCOc1ccc(COC(C)=O)c(OC)c1. The van der Waals surface area contributed by atoms with Crippen molar-refractivity contribution in [3.8, 4) is 23.0 Å². The van der Waals surface area contributed by atoms with Gasteiger partial charge in [0.15, 0.2) is 0 Å². The first kappa shape index (κ1) is 56.3. The van der Waals surface area contributed by atoms with Crippen molar-refractivity contribution >= 4 is 23.8 Å². The van der Waals surface area contributed by atoms with E-state index in [0.29, 0.717) is 61.9 Å². The molecule has 0 heterocycles. The molecule has 12 nitrogen and oxygen atoms in total. The maximum Gasteiger partial charge on any atom is 0.302 e. The monoisotopic (exact) mass is 767 g/mol. The summed E-state index contributed by atoms with van der Waals surface area (Å²) in [6, 6.07) is 10.6.